The molecule has 0 spiro atoms. The second-order valence-corrected chi connectivity index (χ2v) is 12.2. The molecule has 248 valence electrons. The molecular weight excluding hydrogens is 622 g/mol. The van der Waals surface area contributed by atoms with Crippen LogP contribution in [0.25, 0.3) is 10.9 Å². The lowest BCUT2D eigenvalue weighted by molar-refractivity contribution is -0.142. The minimum Gasteiger partial charge on any atom is -0.508 e. The lowest BCUT2D eigenvalue weighted by Crippen LogP contribution is -2.58. The van der Waals surface area contributed by atoms with Gasteiger partial charge in [-0.15, -0.1) is 0 Å². The van der Waals surface area contributed by atoms with E-state index in [4.69, 9.17) is 5.73 Å². The fourth-order valence-corrected chi connectivity index (χ4v) is 5.58. The number of amides is 3. The number of thioether (sulfide) groups is 1. The number of aromatic nitrogens is 1. The van der Waals surface area contributed by atoms with E-state index in [0.717, 1.165) is 16.5 Å². The number of aliphatic carboxylic acids is 1. The summed E-state index contributed by atoms with van der Waals surface area (Å²) in [5, 5.41) is 38.1. The van der Waals surface area contributed by atoms with Gasteiger partial charge in [0.05, 0.1) is 6.04 Å². The van der Waals surface area contributed by atoms with Gasteiger partial charge in [0.25, 0.3) is 0 Å². The van der Waals surface area contributed by atoms with Crippen LogP contribution in [0, 0.1) is 0 Å². The van der Waals surface area contributed by atoms with Gasteiger partial charge in [0, 0.05) is 29.9 Å². The molecule has 3 aromatic carbocycles. The predicted octanol–water partition coefficient (Wildman–Crippen LogP) is 2.23. The van der Waals surface area contributed by atoms with E-state index in [2.05, 4.69) is 20.9 Å². The number of hydrogen-bond acceptors (Lipinski definition) is 8. The summed E-state index contributed by atoms with van der Waals surface area (Å²) in [4.78, 5) is 55.8. The van der Waals surface area contributed by atoms with E-state index in [1.165, 1.54) is 36.0 Å². The Morgan fingerprint density at radius 2 is 1.30 bits per heavy atom. The topological polar surface area (TPSA) is 207 Å². The van der Waals surface area contributed by atoms with Crippen LogP contribution in [0.1, 0.15) is 23.1 Å². The molecule has 0 saturated carbocycles. The van der Waals surface area contributed by atoms with Crippen molar-refractivity contribution in [1.29, 1.82) is 0 Å². The van der Waals surface area contributed by atoms with Crippen LogP contribution in [0.3, 0.4) is 0 Å². The number of benzene rings is 3. The lowest BCUT2D eigenvalue weighted by atomic mass is 10.0. The van der Waals surface area contributed by atoms with Crippen molar-refractivity contribution in [3.8, 4) is 11.5 Å². The molecule has 13 heteroatoms. The molecule has 4 atom stereocenters. The van der Waals surface area contributed by atoms with Crippen molar-refractivity contribution in [2.24, 2.45) is 5.73 Å². The molecule has 1 heterocycles. The molecule has 0 aliphatic heterocycles. The smallest absolute Gasteiger partial charge is 0.326 e. The molecule has 4 aromatic rings. The Balaban J connectivity index is 1.51. The summed E-state index contributed by atoms with van der Waals surface area (Å²) in [6, 6.07) is 15.2. The SMILES string of the molecule is CSCCC(NC(=O)C(N)Cc1ccc(O)cc1)C(=O)NC(Cc1ccc(O)cc1)C(=O)NC(Cc1c[nH]c2ccccc12)C(=O)O. The number of aromatic amines is 1. The van der Waals surface area contributed by atoms with Gasteiger partial charge in [-0.2, -0.15) is 11.8 Å². The Bertz CT molecular complexity index is 1680. The monoisotopic (exact) mass is 661 g/mol. The van der Waals surface area contributed by atoms with Gasteiger partial charge >= 0.3 is 5.97 Å². The average molecular weight is 662 g/mol. The van der Waals surface area contributed by atoms with Crippen molar-refractivity contribution >= 4 is 46.4 Å². The summed E-state index contributed by atoms with van der Waals surface area (Å²) in [5.74, 6) is -2.54. The number of carboxylic acid groups (broad SMARTS) is 1. The lowest BCUT2D eigenvalue weighted by Gasteiger charge is -2.25. The highest BCUT2D eigenvalue weighted by Crippen LogP contribution is 2.20. The molecule has 4 rings (SSSR count). The first-order valence-corrected chi connectivity index (χ1v) is 16.4. The number of nitrogens with two attached hydrogens (primary N) is 1. The van der Waals surface area contributed by atoms with Crippen LogP contribution >= 0.6 is 11.8 Å². The molecule has 3 amide bonds. The molecule has 0 fully saturated rings. The van der Waals surface area contributed by atoms with E-state index in [9.17, 15) is 34.5 Å². The molecule has 0 saturated heterocycles. The molecule has 0 bridgehead atoms. The zero-order valence-electron chi connectivity index (χ0n) is 25.8. The van der Waals surface area contributed by atoms with Crippen molar-refractivity contribution in [2.75, 3.05) is 12.0 Å². The Labute approximate surface area is 276 Å². The molecule has 9 N–H and O–H groups in total. The van der Waals surface area contributed by atoms with Crippen LogP contribution < -0.4 is 21.7 Å². The maximum atomic E-state index is 13.7. The van der Waals surface area contributed by atoms with Crippen molar-refractivity contribution in [2.45, 2.75) is 49.9 Å². The number of phenolic OH excluding ortho intramolecular Hbond substituents is 2. The van der Waals surface area contributed by atoms with Crippen LogP contribution in [-0.4, -0.2) is 80.2 Å². The molecule has 0 radical (unpaired) electrons. The first-order chi connectivity index (χ1) is 22.5. The Hall–Kier alpha value is -5.01. The Kier molecular flexibility index (Phi) is 12.3. The second-order valence-electron chi connectivity index (χ2n) is 11.2. The Morgan fingerprint density at radius 3 is 1.91 bits per heavy atom. The number of hydrogen-bond donors (Lipinski definition) is 8. The maximum Gasteiger partial charge on any atom is 0.326 e. The number of carboxylic acids is 1. The number of rotatable bonds is 16. The minimum absolute atomic E-state index is 0.00368. The fourth-order valence-electron chi connectivity index (χ4n) is 5.10. The molecule has 4 unspecified atom stereocenters. The molecular formula is C34H39N5O7S. The summed E-state index contributed by atoms with van der Waals surface area (Å²) in [6.45, 7) is 0. The van der Waals surface area contributed by atoms with Crippen LogP contribution in [0.5, 0.6) is 11.5 Å². The third-order valence-electron chi connectivity index (χ3n) is 7.70. The van der Waals surface area contributed by atoms with Crippen LogP contribution in [-0.2, 0) is 38.4 Å². The van der Waals surface area contributed by atoms with Gasteiger partial charge in [0.1, 0.15) is 29.6 Å². The highest BCUT2D eigenvalue weighted by atomic mass is 32.2. The standard InChI is InChI=1S/C34H39N5O7S/c1-47-15-14-28(37-31(42)26(35)16-20-6-10-23(40)11-7-20)32(43)38-29(17-21-8-12-24(41)13-9-21)33(44)39-30(34(45)46)18-22-19-36-27-5-3-2-4-25(22)27/h2-13,19,26,28-30,36,40-41H,14-18,35H2,1H3,(H,37,42)(H,38,43)(H,39,44)(H,45,46). The molecule has 1 aromatic heterocycles. The molecule has 0 aliphatic rings. The zero-order valence-corrected chi connectivity index (χ0v) is 26.6. The summed E-state index contributed by atoms with van der Waals surface area (Å²) in [7, 11) is 0. The summed E-state index contributed by atoms with van der Waals surface area (Å²) < 4.78 is 0. The van der Waals surface area contributed by atoms with Crippen LogP contribution in [0.2, 0.25) is 0 Å². The normalized spacial score (nSPS) is 13.7. The quantitative estimate of drug-likeness (QED) is 0.0885. The van der Waals surface area contributed by atoms with Gasteiger partial charge in [-0.05, 0) is 71.9 Å². The van der Waals surface area contributed by atoms with Crippen LogP contribution in [0.15, 0.2) is 79.0 Å². The van der Waals surface area contributed by atoms with E-state index in [-0.39, 0.29) is 37.2 Å². The number of nitrogens with one attached hydrogen (secondary N) is 4. The first kappa shape index (κ1) is 34.9. The van der Waals surface area contributed by atoms with Crippen molar-refractivity contribution in [1.82, 2.24) is 20.9 Å². The largest absolute Gasteiger partial charge is 0.508 e. The van der Waals surface area contributed by atoms with Crippen molar-refractivity contribution < 1.29 is 34.5 Å². The van der Waals surface area contributed by atoms with E-state index >= 15 is 0 Å². The highest BCUT2D eigenvalue weighted by Gasteiger charge is 2.31. The molecule has 12 nitrogen and oxygen atoms in total. The van der Waals surface area contributed by atoms with Crippen LogP contribution in [0.4, 0.5) is 0 Å². The highest BCUT2D eigenvalue weighted by molar-refractivity contribution is 7.98. The van der Waals surface area contributed by atoms with E-state index in [1.54, 1.807) is 30.5 Å². The number of para-hydroxylation sites is 1. The summed E-state index contributed by atoms with van der Waals surface area (Å²) in [6.07, 6.45) is 3.96. The van der Waals surface area contributed by atoms with Gasteiger partial charge < -0.3 is 42.0 Å². The maximum absolute atomic E-state index is 13.7. The first-order valence-electron chi connectivity index (χ1n) is 15.0. The van der Waals surface area contributed by atoms with Crippen molar-refractivity contribution in [3.63, 3.8) is 0 Å². The third kappa shape index (κ3) is 9.99. The minimum atomic E-state index is -1.30. The Morgan fingerprint density at radius 1 is 0.745 bits per heavy atom. The number of fused-ring (bicyclic) bond motifs is 1. The van der Waals surface area contributed by atoms with Gasteiger partial charge in [0.2, 0.25) is 17.7 Å². The van der Waals surface area contributed by atoms with Gasteiger partial charge in [0.15, 0.2) is 0 Å². The second kappa shape index (κ2) is 16.5. The molecule has 0 aliphatic carbocycles. The van der Waals surface area contributed by atoms with E-state index < -0.39 is 47.9 Å². The molecule has 47 heavy (non-hydrogen) atoms. The van der Waals surface area contributed by atoms with Gasteiger partial charge in [-0.3, -0.25) is 14.4 Å². The average Bonchev–Trinajstić information content (AvgIpc) is 3.46. The number of carbonyl (C=O) groups excluding carboxylic acids is 3. The van der Waals surface area contributed by atoms with E-state index in [1.807, 2.05) is 30.5 Å². The zero-order chi connectivity index (χ0) is 33.9. The number of phenols is 2. The van der Waals surface area contributed by atoms with Gasteiger partial charge in [-0.25, -0.2) is 4.79 Å². The fraction of sp³-hybridized carbons (Fsp3) is 0.294. The predicted molar refractivity (Wildman–Crippen MR) is 180 cm³/mol. The number of aromatic hydroxyl groups is 2. The van der Waals surface area contributed by atoms with Gasteiger partial charge in [-0.1, -0.05) is 42.5 Å². The van der Waals surface area contributed by atoms with Crippen molar-refractivity contribution in [3.05, 3.63) is 95.7 Å². The summed E-state index contributed by atoms with van der Waals surface area (Å²) in [5.41, 5.74) is 9.01. The summed E-state index contributed by atoms with van der Waals surface area (Å²) >= 11 is 1.47. The van der Waals surface area contributed by atoms with E-state index in [0.29, 0.717) is 16.9 Å². The number of carbonyl (C=O) groups is 4. The number of H-pyrrole nitrogens is 1. The third-order valence-corrected chi connectivity index (χ3v) is 8.34.